The van der Waals surface area contributed by atoms with E-state index in [-0.39, 0.29) is 84.6 Å². The number of nitrogens with zero attached hydrogens (tertiary/aromatic N) is 4. The summed E-state index contributed by atoms with van der Waals surface area (Å²) >= 11 is 24.7. The number of carbonyl (C=O) groups excluding carboxylic acids is 4. The Hall–Kier alpha value is -2.39. The normalized spacial score (nSPS) is 14.4. The summed E-state index contributed by atoms with van der Waals surface area (Å²) < 4.78 is 0.282. The minimum absolute atomic E-state index is 0. The third kappa shape index (κ3) is 9.06. The fourth-order valence-electron chi connectivity index (χ4n) is 4.20. The summed E-state index contributed by atoms with van der Waals surface area (Å²) in [4.78, 5) is 50.1. The van der Waals surface area contributed by atoms with Gasteiger partial charge in [0.2, 0.25) is 11.8 Å². The lowest BCUT2D eigenvalue weighted by atomic mass is 10.2. The standard InChI is InChI=1S/C25H28Cl4N6O6.ClH/c1-14(36)30-24-18(26)8-16(9-19(24)27)33(40)22(38)12-32-4-6-35(3,7-5-32)13-23(39)34(41)17-10-20(28)25(21(29)11-17)31-15(2)37;/h8-11,40-41H,4-7,12-13H2,1-3H3,(H-,30,31,36,37);1H. The number of hydrogen-bond acceptors (Lipinski definition) is 7. The molecule has 0 radical (unpaired) electrons. The van der Waals surface area contributed by atoms with E-state index in [2.05, 4.69) is 10.6 Å². The molecule has 1 aliphatic rings. The van der Waals surface area contributed by atoms with Gasteiger partial charge in [0, 0.05) is 26.9 Å². The van der Waals surface area contributed by atoms with Gasteiger partial charge in [0.1, 0.15) is 0 Å². The summed E-state index contributed by atoms with van der Waals surface area (Å²) in [5.74, 6) is -1.99. The molecule has 1 aliphatic heterocycles. The molecule has 4 amide bonds. The molecule has 0 atom stereocenters. The number of amides is 4. The van der Waals surface area contributed by atoms with Gasteiger partial charge in [-0.25, -0.2) is 0 Å². The van der Waals surface area contributed by atoms with Crippen LogP contribution in [0.1, 0.15) is 13.8 Å². The third-order valence-electron chi connectivity index (χ3n) is 6.41. The van der Waals surface area contributed by atoms with Crippen LogP contribution in [0.4, 0.5) is 22.7 Å². The fourth-order valence-corrected chi connectivity index (χ4v) is 5.34. The maximum atomic E-state index is 12.9. The Balaban J connectivity index is 0.00000616. The van der Waals surface area contributed by atoms with Gasteiger partial charge in [-0.2, -0.15) is 10.1 Å². The zero-order valence-electron chi connectivity index (χ0n) is 22.8. The van der Waals surface area contributed by atoms with Crippen LogP contribution in [0.25, 0.3) is 0 Å². The number of hydroxylamine groups is 2. The molecule has 4 N–H and O–H groups in total. The van der Waals surface area contributed by atoms with Crippen molar-refractivity contribution in [3.05, 3.63) is 44.4 Å². The lowest BCUT2D eigenvalue weighted by Gasteiger charge is -2.41. The van der Waals surface area contributed by atoms with Crippen molar-refractivity contribution < 1.29 is 46.5 Å². The Labute approximate surface area is 268 Å². The molecule has 12 nitrogen and oxygen atoms in total. The van der Waals surface area contributed by atoms with E-state index in [0.29, 0.717) is 36.3 Å². The first-order valence-corrected chi connectivity index (χ1v) is 13.7. The highest BCUT2D eigenvalue weighted by atomic mass is 35.5. The highest BCUT2D eigenvalue weighted by molar-refractivity contribution is 6.41. The summed E-state index contributed by atoms with van der Waals surface area (Å²) in [6, 6.07) is 5.24. The molecule has 3 rings (SSSR count). The first kappa shape index (κ1) is 35.8. The van der Waals surface area contributed by atoms with Gasteiger partial charge in [-0.05, 0) is 24.3 Å². The second-order valence-electron chi connectivity index (χ2n) is 9.84. The molecule has 17 heteroatoms. The smallest absolute Gasteiger partial charge is 0.305 e. The van der Waals surface area contributed by atoms with Gasteiger partial charge in [0.05, 0.1) is 69.5 Å². The summed E-state index contributed by atoms with van der Waals surface area (Å²) in [6.07, 6.45) is 0. The van der Waals surface area contributed by atoms with Gasteiger partial charge in [-0.15, -0.1) is 0 Å². The predicted molar refractivity (Wildman–Crippen MR) is 157 cm³/mol. The van der Waals surface area contributed by atoms with Crippen LogP contribution in [0.2, 0.25) is 20.1 Å². The van der Waals surface area contributed by atoms with E-state index in [4.69, 9.17) is 46.4 Å². The molecule has 0 spiro atoms. The largest absolute Gasteiger partial charge is 1.00 e. The Bertz CT molecular complexity index is 1330. The molecule has 1 heterocycles. The number of hydrogen-bond donors (Lipinski definition) is 4. The van der Waals surface area contributed by atoms with Crippen molar-refractivity contribution in [1.29, 1.82) is 0 Å². The van der Waals surface area contributed by atoms with Gasteiger partial charge in [-0.3, -0.25) is 34.5 Å². The minimum Gasteiger partial charge on any atom is -1.00 e. The number of rotatable bonds is 8. The highest BCUT2D eigenvalue weighted by Crippen LogP contribution is 2.36. The summed E-state index contributed by atoms with van der Waals surface area (Å²) in [5, 5.41) is 27.1. The van der Waals surface area contributed by atoms with Gasteiger partial charge >= 0.3 is 5.91 Å². The van der Waals surface area contributed by atoms with E-state index >= 15 is 0 Å². The monoisotopic (exact) mass is 684 g/mol. The summed E-state index contributed by atoms with van der Waals surface area (Å²) in [5.41, 5.74) is 0.423. The third-order valence-corrected chi connectivity index (χ3v) is 7.60. The zero-order valence-corrected chi connectivity index (χ0v) is 26.5. The fraction of sp³-hybridized carbons (Fsp3) is 0.360. The van der Waals surface area contributed by atoms with Gasteiger partial charge in [-0.1, -0.05) is 46.4 Å². The minimum atomic E-state index is -0.630. The SMILES string of the molecule is CC(=O)Nc1c(Cl)cc(N(O)C(=O)CN2CC[N+](C)(CC(=O)N(O)c3cc(Cl)c(NC(C)=O)c(Cl)c3)CC2)cc1Cl.[Cl-]. The quantitative estimate of drug-likeness (QED) is 0.185. The van der Waals surface area contributed by atoms with E-state index in [1.807, 2.05) is 11.9 Å². The lowest BCUT2D eigenvalue weighted by molar-refractivity contribution is -0.906. The van der Waals surface area contributed by atoms with Crippen LogP contribution in [-0.2, 0) is 19.2 Å². The van der Waals surface area contributed by atoms with Crippen molar-refractivity contribution in [3.63, 3.8) is 0 Å². The number of piperazine rings is 1. The summed E-state index contributed by atoms with van der Waals surface area (Å²) in [7, 11) is 1.85. The molecule has 230 valence electrons. The van der Waals surface area contributed by atoms with Crippen LogP contribution in [0.3, 0.4) is 0 Å². The molecule has 1 fully saturated rings. The van der Waals surface area contributed by atoms with E-state index in [1.54, 1.807) is 0 Å². The maximum absolute atomic E-state index is 12.9. The lowest BCUT2D eigenvalue weighted by Crippen LogP contribution is -3.00. The number of anilines is 4. The number of likely N-dealkylation sites (N-methyl/N-ethyl adjacent to an activating group) is 1. The molecule has 0 aliphatic carbocycles. The summed E-state index contributed by atoms with van der Waals surface area (Å²) in [6.45, 7) is 4.24. The molecule has 0 aromatic heterocycles. The van der Waals surface area contributed by atoms with Crippen LogP contribution in [-0.4, -0.2) is 89.7 Å². The van der Waals surface area contributed by atoms with Gasteiger partial charge in [0.25, 0.3) is 5.91 Å². The predicted octanol–water partition coefficient (Wildman–Crippen LogP) is 1.13. The van der Waals surface area contributed by atoms with Crippen molar-refractivity contribution in [1.82, 2.24) is 4.90 Å². The first-order valence-electron chi connectivity index (χ1n) is 12.2. The first-order chi connectivity index (χ1) is 19.1. The second-order valence-corrected chi connectivity index (χ2v) is 11.5. The van der Waals surface area contributed by atoms with E-state index in [9.17, 15) is 29.6 Å². The molecule has 0 saturated carbocycles. The molecular formula is C25H29Cl5N6O6. The Morgan fingerprint density at radius 3 is 1.50 bits per heavy atom. The number of carbonyl (C=O) groups is 4. The molecule has 1 saturated heterocycles. The van der Waals surface area contributed by atoms with Crippen molar-refractivity contribution in [2.75, 3.05) is 67.1 Å². The van der Waals surface area contributed by atoms with Crippen molar-refractivity contribution in [2.45, 2.75) is 13.8 Å². The van der Waals surface area contributed by atoms with Gasteiger partial charge < -0.3 is 27.5 Å². The van der Waals surface area contributed by atoms with Crippen LogP contribution in [0.15, 0.2) is 24.3 Å². The Morgan fingerprint density at radius 1 is 0.786 bits per heavy atom. The number of halogens is 5. The van der Waals surface area contributed by atoms with Crippen molar-refractivity contribution in [3.8, 4) is 0 Å². The van der Waals surface area contributed by atoms with Gasteiger partial charge in [0.15, 0.2) is 6.54 Å². The van der Waals surface area contributed by atoms with Crippen LogP contribution in [0.5, 0.6) is 0 Å². The number of nitrogens with one attached hydrogen (secondary N) is 2. The van der Waals surface area contributed by atoms with Crippen molar-refractivity contribution >= 4 is 92.8 Å². The molecule has 0 bridgehead atoms. The molecule has 2 aromatic carbocycles. The highest BCUT2D eigenvalue weighted by Gasteiger charge is 2.34. The molecule has 0 unspecified atom stereocenters. The average molecular weight is 687 g/mol. The Morgan fingerprint density at radius 2 is 1.14 bits per heavy atom. The molecule has 42 heavy (non-hydrogen) atoms. The maximum Gasteiger partial charge on any atom is 0.305 e. The Kier molecular flexibility index (Phi) is 12.7. The van der Waals surface area contributed by atoms with E-state index in [0.717, 1.165) is 0 Å². The second kappa shape index (κ2) is 14.9. The van der Waals surface area contributed by atoms with Crippen LogP contribution in [0, 0.1) is 0 Å². The number of benzene rings is 2. The van der Waals surface area contributed by atoms with E-state index < -0.39 is 11.8 Å². The number of quaternary nitrogens is 1. The van der Waals surface area contributed by atoms with Crippen molar-refractivity contribution in [2.24, 2.45) is 0 Å². The van der Waals surface area contributed by atoms with E-state index in [1.165, 1.54) is 38.1 Å². The van der Waals surface area contributed by atoms with Crippen LogP contribution >= 0.6 is 46.4 Å². The van der Waals surface area contributed by atoms with Crippen LogP contribution < -0.4 is 33.2 Å². The zero-order chi connectivity index (χ0) is 30.6. The topological polar surface area (TPSA) is 143 Å². The molecule has 2 aromatic rings. The average Bonchev–Trinajstić information content (AvgIpc) is 2.88. The molecular weight excluding hydrogens is 658 g/mol.